The third-order valence-electron chi connectivity index (χ3n) is 3.76. The molecule has 0 saturated carbocycles. The molecule has 112 valence electrons. The van der Waals surface area contributed by atoms with Crippen molar-refractivity contribution in [2.75, 3.05) is 24.7 Å². The first-order valence-electron chi connectivity index (χ1n) is 7.31. The molecule has 0 unspecified atom stereocenters. The Morgan fingerprint density at radius 2 is 1.55 bits per heavy atom. The molecule has 0 heterocycles. The molecule has 22 heavy (non-hydrogen) atoms. The highest BCUT2D eigenvalue weighted by Gasteiger charge is 2.04. The fraction of sp³-hybridized carbons (Fsp3) is 0.158. The molecule has 0 aliphatic heterocycles. The molecule has 3 rings (SSSR count). The summed E-state index contributed by atoms with van der Waals surface area (Å²) >= 11 is 0. The lowest BCUT2D eigenvalue weighted by atomic mass is 10.1. The van der Waals surface area contributed by atoms with Crippen LogP contribution in [0.4, 0.5) is 11.4 Å². The van der Waals surface area contributed by atoms with Gasteiger partial charge in [0.2, 0.25) is 0 Å². The zero-order valence-electron chi connectivity index (χ0n) is 12.9. The van der Waals surface area contributed by atoms with Crippen LogP contribution in [0.25, 0.3) is 10.8 Å². The molecule has 0 aromatic heterocycles. The van der Waals surface area contributed by atoms with Crippen molar-refractivity contribution in [1.29, 1.82) is 0 Å². The third kappa shape index (κ3) is 2.84. The number of rotatable bonds is 4. The van der Waals surface area contributed by atoms with Gasteiger partial charge in [-0.15, -0.1) is 0 Å². The molecule has 3 aromatic rings. The van der Waals surface area contributed by atoms with Gasteiger partial charge in [0.1, 0.15) is 12.4 Å². The maximum absolute atomic E-state index is 6.02. The number of ether oxygens (including phenoxy) is 1. The number of nitrogens with zero attached hydrogens (tertiary/aromatic N) is 1. The summed E-state index contributed by atoms with van der Waals surface area (Å²) in [6.07, 6.45) is 0. The normalized spacial score (nSPS) is 10.6. The van der Waals surface area contributed by atoms with Crippen LogP contribution in [0, 0.1) is 0 Å². The van der Waals surface area contributed by atoms with E-state index in [9.17, 15) is 0 Å². The van der Waals surface area contributed by atoms with Crippen molar-refractivity contribution in [3.8, 4) is 5.75 Å². The molecule has 3 aromatic carbocycles. The van der Waals surface area contributed by atoms with Gasteiger partial charge >= 0.3 is 0 Å². The maximum atomic E-state index is 6.02. The Balaban J connectivity index is 1.81. The van der Waals surface area contributed by atoms with Crippen LogP contribution in [0.1, 0.15) is 5.56 Å². The molecule has 0 atom stereocenters. The molecule has 0 amide bonds. The minimum absolute atomic E-state index is 0.543. The van der Waals surface area contributed by atoms with Crippen LogP contribution in [0.5, 0.6) is 5.75 Å². The first-order valence-corrected chi connectivity index (χ1v) is 7.31. The summed E-state index contributed by atoms with van der Waals surface area (Å²) < 4.78 is 5.99. The summed E-state index contributed by atoms with van der Waals surface area (Å²) in [5, 5.41) is 2.08. The van der Waals surface area contributed by atoms with Gasteiger partial charge in [-0.1, -0.05) is 36.4 Å². The van der Waals surface area contributed by atoms with Crippen molar-refractivity contribution in [1.82, 2.24) is 0 Å². The number of fused-ring (bicyclic) bond motifs is 1. The van der Waals surface area contributed by atoms with Gasteiger partial charge in [0, 0.05) is 36.2 Å². The predicted octanol–water partition coefficient (Wildman–Crippen LogP) is 4.07. The van der Waals surface area contributed by atoms with Gasteiger partial charge in [0.25, 0.3) is 0 Å². The SMILES string of the molecule is CN(C)c1ccc(COc2cccc3c(N)cccc23)cc1. The minimum Gasteiger partial charge on any atom is -0.488 e. The zero-order valence-corrected chi connectivity index (χ0v) is 12.9. The Hall–Kier alpha value is -2.68. The zero-order chi connectivity index (χ0) is 15.5. The molecule has 0 radical (unpaired) electrons. The Labute approximate surface area is 130 Å². The van der Waals surface area contributed by atoms with Crippen molar-refractivity contribution in [3.63, 3.8) is 0 Å². The van der Waals surface area contributed by atoms with E-state index in [4.69, 9.17) is 10.5 Å². The average molecular weight is 292 g/mol. The van der Waals surface area contributed by atoms with Crippen LogP contribution < -0.4 is 15.4 Å². The lowest BCUT2D eigenvalue weighted by Crippen LogP contribution is -2.08. The second-order valence-corrected chi connectivity index (χ2v) is 5.55. The van der Waals surface area contributed by atoms with Crippen LogP contribution in [-0.4, -0.2) is 14.1 Å². The van der Waals surface area contributed by atoms with Crippen LogP contribution in [-0.2, 0) is 6.61 Å². The van der Waals surface area contributed by atoms with E-state index in [-0.39, 0.29) is 0 Å². The smallest absolute Gasteiger partial charge is 0.127 e. The lowest BCUT2D eigenvalue weighted by Gasteiger charge is -2.13. The molecule has 0 aliphatic carbocycles. The second-order valence-electron chi connectivity index (χ2n) is 5.55. The number of nitrogen functional groups attached to an aromatic ring is 1. The summed E-state index contributed by atoms with van der Waals surface area (Å²) in [6.45, 7) is 0.543. The van der Waals surface area contributed by atoms with Crippen molar-refractivity contribution in [2.24, 2.45) is 0 Å². The van der Waals surface area contributed by atoms with Crippen molar-refractivity contribution >= 4 is 22.1 Å². The quantitative estimate of drug-likeness (QED) is 0.737. The molecule has 0 saturated heterocycles. The summed E-state index contributed by atoms with van der Waals surface area (Å²) in [4.78, 5) is 2.08. The molecule has 3 nitrogen and oxygen atoms in total. The number of benzene rings is 3. The van der Waals surface area contributed by atoms with Crippen molar-refractivity contribution in [2.45, 2.75) is 6.61 Å². The van der Waals surface area contributed by atoms with Crippen LogP contribution in [0.2, 0.25) is 0 Å². The van der Waals surface area contributed by atoms with E-state index in [0.717, 1.165) is 27.8 Å². The largest absolute Gasteiger partial charge is 0.488 e. The van der Waals surface area contributed by atoms with E-state index in [2.05, 4.69) is 29.2 Å². The first kappa shape index (κ1) is 14.3. The molecule has 3 heteroatoms. The second kappa shape index (κ2) is 5.98. The minimum atomic E-state index is 0.543. The number of anilines is 2. The van der Waals surface area contributed by atoms with E-state index >= 15 is 0 Å². The molecule has 2 N–H and O–H groups in total. The summed E-state index contributed by atoms with van der Waals surface area (Å²) in [5.41, 5.74) is 9.12. The monoisotopic (exact) mass is 292 g/mol. The standard InChI is InChI=1S/C19H20N2O/c1-21(2)15-11-9-14(10-12-15)13-22-19-8-4-5-16-17(19)6-3-7-18(16)20/h3-12H,13,20H2,1-2H3. The molecule has 0 bridgehead atoms. The van der Waals surface area contributed by atoms with Crippen LogP contribution in [0.3, 0.4) is 0 Å². The molecular weight excluding hydrogens is 272 g/mol. The Bertz CT molecular complexity index is 779. The number of hydrogen-bond acceptors (Lipinski definition) is 3. The molecular formula is C19H20N2O. The van der Waals surface area contributed by atoms with E-state index in [0.29, 0.717) is 6.61 Å². The summed E-state index contributed by atoms with van der Waals surface area (Å²) in [7, 11) is 4.07. The number of hydrogen-bond donors (Lipinski definition) is 1. The van der Waals surface area contributed by atoms with Gasteiger partial charge in [0.05, 0.1) is 0 Å². The Kier molecular flexibility index (Phi) is 3.88. The van der Waals surface area contributed by atoms with E-state index in [1.54, 1.807) is 0 Å². The molecule has 0 spiro atoms. The Morgan fingerprint density at radius 3 is 2.27 bits per heavy atom. The van der Waals surface area contributed by atoms with Crippen molar-refractivity contribution in [3.05, 3.63) is 66.2 Å². The topological polar surface area (TPSA) is 38.5 Å². The Morgan fingerprint density at radius 1 is 0.864 bits per heavy atom. The molecule has 0 aliphatic rings. The fourth-order valence-electron chi connectivity index (χ4n) is 2.48. The molecule has 0 fully saturated rings. The summed E-state index contributed by atoms with van der Waals surface area (Å²) in [5.74, 6) is 0.862. The summed E-state index contributed by atoms with van der Waals surface area (Å²) in [6, 6.07) is 20.3. The highest BCUT2D eigenvalue weighted by Crippen LogP contribution is 2.29. The van der Waals surface area contributed by atoms with Gasteiger partial charge in [-0.25, -0.2) is 0 Å². The van der Waals surface area contributed by atoms with Gasteiger partial charge < -0.3 is 15.4 Å². The predicted molar refractivity (Wildman–Crippen MR) is 93.5 cm³/mol. The van der Waals surface area contributed by atoms with Gasteiger partial charge in [-0.3, -0.25) is 0 Å². The van der Waals surface area contributed by atoms with Gasteiger partial charge in [-0.2, -0.15) is 0 Å². The van der Waals surface area contributed by atoms with Crippen molar-refractivity contribution < 1.29 is 4.74 Å². The highest BCUT2D eigenvalue weighted by atomic mass is 16.5. The van der Waals surface area contributed by atoms with Crippen LogP contribution in [0.15, 0.2) is 60.7 Å². The third-order valence-corrected chi connectivity index (χ3v) is 3.76. The average Bonchev–Trinajstić information content (AvgIpc) is 2.54. The number of nitrogens with two attached hydrogens (primary N) is 1. The first-order chi connectivity index (χ1) is 10.6. The van der Waals surface area contributed by atoms with E-state index in [1.807, 2.05) is 50.5 Å². The highest BCUT2D eigenvalue weighted by molar-refractivity contribution is 5.96. The lowest BCUT2D eigenvalue weighted by molar-refractivity contribution is 0.310. The van der Waals surface area contributed by atoms with E-state index < -0.39 is 0 Å². The maximum Gasteiger partial charge on any atom is 0.127 e. The van der Waals surface area contributed by atoms with E-state index in [1.165, 1.54) is 5.69 Å². The van der Waals surface area contributed by atoms with Gasteiger partial charge in [-0.05, 0) is 29.8 Å². The van der Waals surface area contributed by atoms with Crippen LogP contribution >= 0.6 is 0 Å². The van der Waals surface area contributed by atoms with Gasteiger partial charge in [0.15, 0.2) is 0 Å². The fourth-order valence-corrected chi connectivity index (χ4v) is 2.48.